The number of hydrogen-bond acceptors (Lipinski definition) is 7. The van der Waals surface area contributed by atoms with Crippen molar-refractivity contribution in [2.75, 3.05) is 32.8 Å². The van der Waals surface area contributed by atoms with E-state index in [9.17, 15) is 9.59 Å². The van der Waals surface area contributed by atoms with E-state index in [0.717, 1.165) is 29.3 Å². The molecule has 0 aliphatic carbocycles. The van der Waals surface area contributed by atoms with Crippen molar-refractivity contribution in [1.29, 1.82) is 0 Å². The van der Waals surface area contributed by atoms with Gasteiger partial charge in [0, 0.05) is 83.3 Å². The van der Waals surface area contributed by atoms with Gasteiger partial charge in [-0.05, 0) is 30.3 Å². The minimum absolute atomic E-state index is 0.0296. The Morgan fingerprint density at radius 2 is 1.80 bits per heavy atom. The minimum Gasteiger partial charge on any atom is -0.463 e. The fourth-order valence-corrected chi connectivity index (χ4v) is 5.31. The Balaban J connectivity index is 1.21. The molecule has 10 nitrogen and oxygen atoms in total. The number of carbonyl (C=O) groups excluding carboxylic acids is 2. The van der Waals surface area contributed by atoms with E-state index < -0.39 is 8.07 Å². The predicted octanol–water partition coefficient (Wildman–Crippen LogP) is 5.10. The SMILES string of the molecule is CC(=O)N1CCN(C(=O)c2coc3cc(Oc4ccc(-c5ccnn5COCC[Si](C)(C)C)cn4)ccc23)CC1. The van der Waals surface area contributed by atoms with Crippen LogP contribution in [0.15, 0.2) is 59.5 Å². The maximum atomic E-state index is 13.1. The summed E-state index contributed by atoms with van der Waals surface area (Å²) in [5.41, 5.74) is 2.88. The van der Waals surface area contributed by atoms with E-state index >= 15 is 0 Å². The number of amides is 2. The molecule has 0 saturated carbocycles. The Bertz CT molecular complexity index is 1480. The smallest absolute Gasteiger partial charge is 0.257 e. The molecule has 2 amide bonds. The van der Waals surface area contributed by atoms with E-state index in [0.29, 0.717) is 55.7 Å². The lowest BCUT2D eigenvalue weighted by atomic mass is 10.1. The zero-order valence-electron chi connectivity index (χ0n) is 23.4. The van der Waals surface area contributed by atoms with Gasteiger partial charge in [0.25, 0.3) is 5.91 Å². The Labute approximate surface area is 234 Å². The summed E-state index contributed by atoms with van der Waals surface area (Å²) in [7, 11) is -1.14. The van der Waals surface area contributed by atoms with Crippen molar-refractivity contribution in [2.45, 2.75) is 39.3 Å². The Kier molecular flexibility index (Phi) is 8.04. The molecule has 0 unspecified atom stereocenters. The molecule has 0 bridgehead atoms. The van der Waals surface area contributed by atoms with Crippen molar-refractivity contribution in [3.63, 3.8) is 0 Å². The first kappa shape index (κ1) is 27.6. The third-order valence-electron chi connectivity index (χ3n) is 6.97. The minimum atomic E-state index is -1.14. The molecular weight excluding hydrogens is 526 g/mol. The number of carbonyl (C=O) groups is 2. The van der Waals surface area contributed by atoms with Gasteiger partial charge >= 0.3 is 0 Å². The monoisotopic (exact) mass is 561 g/mol. The van der Waals surface area contributed by atoms with E-state index in [4.69, 9.17) is 13.9 Å². The van der Waals surface area contributed by atoms with Crippen LogP contribution in [0.2, 0.25) is 25.7 Å². The largest absolute Gasteiger partial charge is 0.463 e. The summed E-state index contributed by atoms with van der Waals surface area (Å²) in [6, 6.07) is 12.2. The molecule has 1 aromatic carbocycles. The van der Waals surface area contributed by atoms with Crippen LogP contribution < -0.4 is 4.74 Å². The molecular formula is C29H35N5O5Si. The summed E-state index contributed by atoms with van der Waals surface area (Å²) >= 11 is 0. The van der Waals surface area contributed by atoms with Crippen molar-refractivity contribution in [3.05, 3.63) is 60.6 Å². The summed E-state index contributed by atoms with van der Waals surface area (Å²) < 4.78 is 19.4. The van der Waals surface area contributed by atoms with Gasteiger partial charge in [0.1, 0.15) is 24.3 Å². The normalized spacial score (nSPS) is 14.1. The van der Waals surface area contributed by atoms with Gasteiger partial charge in [-0.1, -0.05) is 19.6 Å². The first-order chi connectivity index (χ1) is 19.2. The highest BCUT2D eigenvalue weighted by Gasteiger charge is 2.25. The van der Waals surface area contributed by atoms with Crippen LogP contribution in [0.25, 0.3) is 22.2 Å². The summed E-state index contributed by atoms with van der Waals surface area (Å²) in [4.78, 5) is 32.7. The Morgan fingerprint density at radius 3 is 2.50 bits per heavy atom. The summed E-state index contributed by atoms with van der Waals surface area (Å²) in [5, 5.41) is 5.11. The highest BCUT2D eigenvalue weighted by atomic mass is 28.3. The van der Waals surface area contributed by atoms with Crippen molar-refractivity contribution in [3.8, 4) is 22.9 Å². The van der Waals surface area contributed by atoms with Crippen LogP contribution in [-0.2, 0) is 16.3 Å². The van der Waals surface area contributed by atoms with Gasteiger partial charge in [0.15, 0.2) is 0 Å². The second kappa shape index (κ2) is 11.6. The van der Waals surface area contributed by atoms with Crippen molar-refractivity contribution in [1.82, 2.24) is 24.6 Å². The van der Waals surface area contributed by atoms with Crippen LogP contribution in [0.3, 0.4) is 0 Å². The van der Waals surface area contributed by atoms with E-state index in [1.54, 1.807) is 47.3 Å². The lowest BCUT2D eigenvalue weighted by Gasteiger charge is -2.34. The van der Waals surface area contributed by atoms with Crippen molar-refractivity contribution < 1.29 is 23.5 Å². The van der Waals surface area contributed by atoms with Gasteiger partial charge < -0.3 is 23.7 Å². The molecule has 1 aliphatic rings. The Morgan fingerprint density at radius 1 is 1.02 bits per heavy atom. The van der Waals surface area contributed by atoms with E-state index in [-0.39, 0.29) is 11.8 Å². The molecule has 40 heavy (non-hydrogen) atoms. The summed E-state index contributed by atoms with van der Waals surface area (Å²) in [5.74, 6) is 0.916. The number of aromatic nitrogens is 3. The second-order valence-electron chi connectivity index (χ2n) is 11.2. The fraction of sp³-hybridized carbons (Fsp3) is 0.379. The molecule has 0 spiro atoms. The number of ether oxygens (including phenoxy) is 2. The van der Waals surface area contributed by atoms with Crippen LogP contribution >= 0.6 is 0 Å². The first-order valence-electron chi connectivity index (χ1n) is 13.5. The molecule has 4 aromatic rings. The molecule has 11 heteroatoms. The van der Waals surface area contributed by atoms with Gasteiger partial charge in [-0.3, -0.25) is 9.59 Å². The maximum absolute atomic E-state index is 13.1. The van der Waals surface area contributed by atoms with Gasteiger partial charge in [-0.15, -0.1) is 0 Å². The molecule has 210 valence electrons. The fourth-order valence-electron chi connectivity index (χ4n) is 4.56. The third kappa shape index (κ3) is 6.43. The van der Waals surface area contributed by atoms with Crippen LogP contribution in [0.1, 0.15) is 17.3 Å². The van der Waals surface area contributed by atoms with Crippen LogP contribution in [0.5, 0.6) is 11.6 Å². The van der Waals surface area contributed by atoms with E-state index in [2.05, 4.69) is 29.7 Å². The van der Waals surface area contributed by atoms with Crippen LogP contribution in [0.4, 0.5) is 0 Å². The third-order valence-corrected chi connectivity index (χ3v) is 8.67. The van der Waals surface area contributed by atoms with Gasteiger partial charge in [0.05, 0.1) is 11.3 Å². The molecule has 5 rings (SSSR count). The van der Waals surface area contributed by atoms with Crippen LogP contribution in [-0.4, -0.2) is 77.2 Å². The first-order valence-corrected chi connectivity index (χ1v) is 17.2. The number of piperazine rings is 1. The topological polar surface area (TPSA) is 103 Å². The highest BCUT2D eigenvalue weighted by Crippen LogP contribution is 2.30. The number of rotatable bonds is 9. The van der Waals surface area contributed by atoms with Gasteiger partial charge in [0.2, 0.25) is 11.8 Å². The molecule has 1 aliphatic heterocycles. The molecule has 0 atom stereocenters. The second-order valence-corrected chi connectivity index (χ2v) is 16.8. The van der Waals surface area contributed by atoms with Crippen LogP contribution in [0, 0.1) is 0 Å². The number of furan rings is 1. The molecule has 0 N–H and O–H groups in total. The van der Waals surface area contributed by atoms with Gasteiger partial charge in [-0.25, -0.2) is 9.67 Å². The molecule has 3 aromatic heterocycles. The van der Waals surface area contributed by atoms with E-state index in [1.807, 2.05) is 22.9 Å². The quantitative estimate of drug-likeness (QED) is 0.207. The summed E-state index contributed by atoms with van der Waals surface area (Å²) in [6.07, 6.45) is 4.99. The van der Waals surface area contributed by atoms with E-state index in [1.165, 1.54) is 6.26 Å². The Hall–Kier alpha value is -3.96. The van der Waals surface area contributed by atoms with Crippen molar-refractivity contribution >= 4 is 30.9 Å². The molecule has 4 heterocycles. The maximum Gasteiger partial charge on any atom is 0.257 e. The average molecular weight is 562 g/mol. The highest BCUT2D eigenvalue weighted by molar-refractivity contribution is 6.76. The number of benzene rings is 1. The standard InChI is InChI=1S/C29H35N5O5Si/c1-21(35)32-11-13-33(14-12-32)29(36)25-19-38-27-17-23(6-7-24(25)27)39-28-8-5-22(18-30-28)26-9-10-31-34(26)20-37-15-16-40(2,3)4/h5-10,17-19H,11-16,20H2,1-4H3. The zero-order valence-corrected chi connectivity index (χ0v) is 24.4. The number of hydrogen-bond donors (Lipinski definition) is 0. The number of fused-ring (bicyclic) bond motifs is 1. The van der Waals surface area contributed by atoms with Crippen molar-refractivity contribution in [2.24, 2.45) is 0 Å². The zero-order chi connectivity index (χ0) is 28.3. The number of pyridine rings is 1. The molecule has 0 radical (unpaired) electrons. The lowest BCUT2D eigenvalue weighted by Crippen LogP contribution is -2.50. The number of nitrogens with zero attached hydrogens (tertiary/aromatic N) is 5. The molecule has 1 fully saturated rings. The molecule has 1 saturated heterocycles. The summed E-state index contributed by atoms with van der Waals surface area (Å²) in [6.45, 7) is 11.7. The van der Waals surface area contributed by atoms with Gasteiger partial charge in [-0.2, -0.15) is 5.10 Å². The average Bonchev–Trinajstić information content (AvgIpc) is 3.58. The lowest BCUT2D eigenvalue weighted by molar-refractivity contribution is -0.130. The predicted molar refractivity (Wildman–Crippen MR) is 154 cm³/mol.